The van der Waals surface area contributed by atoms with Crippen LogP contribution < -0.4 is 11.1 Å². The zero-order chi connectivity index (χ0) is 13.9. The number of benzene rings is 1. The molecule has 0 bridgehead atoms. The Morgan fingerprint density at radius 1 is 1.53 bits per heavy atom. The Morgan fingerprint density at radius 3 is 2.95 bits per heavy atom. The van der Waals surface area contributed by atoms with E-state index in [4.69, 9.17) is 15.2 Å². The summed E-state index contributed by atoms with van der Waals surface area (Å²) in [5.74, 6) is -0.894. The van der Waals surface area contributed by atoms with E-state index < -0.39 is 11.7 Å². The lowest BCUT2D eigenvalue weighted by atomic mass is 10.1. The second kappa shape index (κ2) is 5.69. The van der Waals surface area contributed by atoms with Gasteiger partial charge in [0.25, 0.3) is 0 Å². The number of nitrogens with two attached hydrogens (primary N) is 1. The fraction of sp³-hybridized carbons (Fsp3) is 0.500. The first-order valence-corrected chi connectivity index (χ1v) is 6.37. The number of nitrogens with one attached hydrogen (secondary N) is 1. The number of amides is 1. The van der Waals surface area contributed by atoms with Crippen molar-refractivity contribution in [3.63, 3.8) is 0 Å². The van der Waals surface area contributed by atoms with E-state index in [0.717, 1.165) is 5.56 Å². The van der Waals surface area contributed by atoms with Crippen LogP contribution in [-0.4, -0.2) is 30.9 Å². The monoisotopic (exact) mass is 264 g/mol. The summed E-state index contributed by atoms with van der Waals surface area (Å²) >= 11 is 0. The Bertz CT molecular complexity index is 460. The van der Waals surface area contributed by atoms with Gasteiger partial charge in [-0.25, -0.2) is 0 Å². The predicted octanol–water partition coefficient (Wildman–Crippen LogP) is 1.03. The van der Waals surface area contributed by atoms with Crippen molar-refractivity contribution in [2.45, 2.75) is 32.3 Å². The lowest BCUT2D eigenvalue weighted by molar-refractivity contribution is -0.137. The number of primary amides is 1. The molecule has 1 saturated heterocycles. The third kappa shape index (κ3) is 4.02. The van der Waals surface area contributed by atoms with Crippen molar-refractivity contribution in [1.29, 1.82) is 0 Å². The topological polar surface area (TPSA) is 73.6 Å². The van der Waals surface area contributed by atoms with Gasteiger partial charge in [0.15, 0.2) is 5.79 Å². The minimum absolute atomic E-state index is 0.0642. The maximum atomic E-state index is 11.1. The molecule has 0 radical (unpaired) electrons. The fourth-order valence-corrected chi connectivity index (χ4v) is 2.08. The van der Waals surface area contributed by atoms with Crippen LogP contribution in [0.3, 0.4) is 0 Å². The third-order valence-electron chi connectivity index (χ3n) is 2.98. The quantitative estimate of drug-likeness (QED) is 0.833. The van der Waals surface area contributed by atoms with Crippen LogP contribution in [0.25, 0.3) is 0 Å². The molecule has 0 saturated carbocycles. The van der Waals surface area contributed by atoms with Crippen molar-refractivity contribution in [2.75, 3.05) is 13.2 Å². The Hall–Kier alpha value is -1.43. The molecule has 104 valence electrons. The summed E-state index contributed by atoms with van der Waals surface area (Å²) in [5, 5.41) is 3.29. The van der Waals surface area contributed by atoms with E-state index in [9.17, 15) is 4.79 Å². The van der Waals surface area contributed by atoms with Crippen molar-refractivity contribution in [1.82, 2.24) is 5.32 Å². The fourth-order valence-electron chi connectivity index (χ4n) is 2.08. The molecular weight excluding hydrogens is 244 g/mol. The van der Waals surface area contributed by atoms with Crippen LogP contribution in [0.2, 0.25) is 0 Å². The minimum Gasteiger partial charge on any atom is -0.366 e. The molecule has 1 heterocycles. The first-order chi connectivity index (χ1) is 8.96. The summed E-state index contributed by atoms with van der Waals surface area (Å²) in [6.45, 7) is 5.79. The summed E-state index contributed by atoms with van der Waals surface area (Å²) in [5.41, 5.74) is 6.80. The van der Waals surface area contributed by atoms with E-state index in [-0.39, 0.29) is 6.10 Å². The van der Waals surface area contributed by atoms with E-state index >= 15 is 0 Å². The van der Waals surface area contributed by atoms with Crippen LogP contribution in [0.1, 0.15) is 29.8 Å². The van der Waals surface area contributed by atoms with Crippen molar-refractivity contribution in [3.05, 3.63) is 35.4 Å². The van der Waals surface area contributed by atoms with Gasteiger partial charge in [-0.2, -0.15) is 0 Å². The van der Waals surface area contributed by atoms with Gasteiger partial charge in [-0.3, -0.25) is 4.79 Å². The molecule has 1 fully saturated rings. The van der Waals surface area contributed by atoms with Gasteiger partial charge in [-0.15, -0.1) is 0 Å². The van der Waals surface area contributed by atoms with E-state index in [1.165, 1.54) is 0 Å². The lowest BCUT2D eigenvalue weighted by Crippen LogP contribution is -2.30. The summed E-state index contributed by atoms with van der Waals surface area (Å²) < 4.78 is 11.2. The van der Waals surface area contributed by atoms with Crippen LogP contribution in [-0.2, 0) is 16.0 Å². The van der Waals surface area contributed by atoms with Gasteiger partial charge in [0.05, 0.1) is 12.7 Å². The Labute approximate surface area is 113 Å². The molecule has 2 rings (SSSR count). The predicted molar refractivity (Wildman–Crippen MR) is 71.6 cm³/mol. The van der Waals surface area contributed by atoms with Crippen molar-refractivity contribution < 1.29 is 14.3 Å². The first kappa shape index (κ1) is 14.0. The number of ether oxygens (including phenoxy) is 2. The smallest absolute Gasteiger partial charge is 0.248 e. The van der Waals surface area contributed by atoms with Gasteiger partial charge in [-0.05, 0) is 31.5 Å². The highest BCUT2D eigenvalue weighted by atomic mass is 16.7. The van der Waals surface area contributed by atoms with E-state index in [1.54, 1.807) is 12.1 Å². The molecule has 19 heavy (non-hydrogen) atoms. The van der Waals surface area contributed by atoms with E-state index in [2.05, 4.69) is 5.32 Å². The highest BCUT2D eigenvalue weighted by molar-refractivity contribution is 5.92. The largest absolute Gasteiger partial charge is 0.366 e. The molecule has 1 unspecified atom stereocenters. The summed E-state index contributed by atoms with van der Waals surface area (Å²) in [6.07, 6.45) is 0.0642. The summed E-state index contributed by atoms with van der Waals surface area (Å²) in [7, 11) is 0. The highest BCUT2D eigenvalue weighted by Crippen LogP contribution is 2.21. The minimum atomic E-state index is -0.488. The van der Waals surface area contributed by atoms with Gasteiger partial charge >= 0.3 is 0 Å². The standard InChI is InChI=1S/C14H20N2O3/c1-14(2)18-9-12(19-14)8-16-7-10-4-3-5-11(6-10)13(15)17/h3-6,12,16H,7-9H2,1-2H3,(H2,15,17). The number of carbonyl (C=O) groups is 1. The maximum Gasteiger partial charge on any atom is 0.248 e. The summed E-state index contributed by atoms with van der Waals surface area (Å²) in [4.78, 5) is 11.1. The van der Waals surface area contributed by atoms with Crippen molar-refractivity contribution >= 4 is 5.91 Å². The van der Waals surface area contributed by atoms with Gasteiger partial charge in [-0.1, -0.05) is 12.1 Å². The van der Waals surface area contributed by atoms with Gasteiger partial charge < -0.3 is 20.5 Å². The molecule has 1 aromatic carbocycles. The molecule has 1 atom stereocenters. The van der Waals surface area contributed by atoms with Crippen molar-refractivity contribution in [2.24, 2.45) is 5.73 Å². The third-order valence-corrected chi connectivity index (χ3v) is 2.98. The normalized spacial score (nSPS) is 21.5. The zero-order valence-electron chi connectivity index (χ0n) is 11.3. The zero-order valence-corrected chi connectivity index (χ0v) is 11.3. The molecule has 1 aromatic rings. The average molecular weight is 264 g/mol. The molecule has 1 amide bonds. The Morgan fingerprint density at radius 2 is 2.32 bits per heavy atom. The van der Waals surface area contributed by atoms with Gasteiger partial charge in [0.1, 0.15) is 0 Å². The molecule has 0 spiro atoms. The second-order valence-corrected chi connectivity index (χ2v) is 5.15. The Kier molecular flexibility index (Phi) is 4.19. The molecule has 1 aliphatic rings. The summed E-state index contributed by atoms with van der Waals surface area (Å²) in [6, 6.07) is 7.29. The van der Waals surface area contributed by atoms with Crippen LogP contribution in [0.4, 0.5) is 0 Å². The number of hydrogen-bond donors (Lipinski definition) is 2. The molecule has 5 nitrogen and oxygen atoms in total. The van der Waals surface area contributed by atoms with Crippen LogP contribution in [0.15, 0.2) is 24.3 Å². The molecule has 0 aliphatic carbocycles. The number of rotatable bonds is 5. The van der Waals surface area contributed by atoms with Crippen LogP contribution >= 0.6 is 0 Å². The Balaban J connectivity index is 1.80. The second-order valence-electron chi connectivity index (χ2n) is 5.15. The molecule has 5 heteroatoms. The number of hydrogen-bond acceptors (Lipinski definition) is 4. The van der Waals surface area contributed by atoms with Gasteiger partial charge in [0, 0.05) is 18.7 Å². The van der Waals surface area contributed by atoms with E-state index in [0.29, 0.717) is 25.3 Å². The molecular formula is C14H20N2O3. The van der Waals surface area contributed by atoms with Crippen LogP contribution in [0, 0.1) is 0 Å². The van der Waals surface area contributed by atoms with E-state index in [1.807, 2.05) is 26.0 Å². The molecule has 1 aliphatic heterocycles. The van der Waals surface area contributed by atoms with Crippen LogP contribution in [0.5, 0.6) is 0 Å². The van der Waals surface area contributed by atoms with Crippen molar-refractivity contribution in [3.8, 4) is 0 Å². The maximum absolute atomic E-state index is 11.1. The first-order valence-electron chi connectivity index (χ1n) is 6.37. The highest BCUT2D eigenvalue weighted by Gasteiger charge is 2.32. The van der Waals surface area contributed by atoms with Gasteiger partial charge in [0.2, 0.25) is 5.91 Å². The molecule has 0 aromatic heterocycles. The molecule has 3 N–H and O–H groups in total. The lowest BCUT2D eigenvalue weighted by Gasteiger charge is -2.17. The number of carbonyl (C=O) groups excluding carboxylic acids is 1. The average Bonchev–Trinajstić information content (AvgIpc) is 2.69. The SMILES string of the molecule is CC1(C)OCC(CNCc2cccc(C(N)=O)c2)O1.